The summed E-state index contributed by atoms with van der Waals surface area (Å²) in [5.41, 5.74) is 0.582. The molecule has 1 aliphatic carbocycles. The summed E-state index contributed by atoms with van der Waals surface area (Å²) in [5, 5.41) is 3.64. The largest absolute Gasteiger partial charge is 0.316 e. The Kier molecular flexibility index (Phi) is 7.04. The molecule has 0 aromatic carbocycles. The molecular weight excluding hydrogens is 298 g/mol. The average molecular weight is 328 g/mol. The van der Waals surface area contributed by atoms with E-state index in [2.05, 4.69) is 25.2 Å². The fourth-order valence-corrected chi connectivity index (χ4v) is 4.63. The molecule has 1 nitrogen and oxygen atoms in total. The molecule has 21 heavy (non-hydrogen) atoms. The third-order valence-corrected chi connectivity index (χ3v) is 6.12. The van der Waals surface area contributed by atoms with Gasteiger partial charge < -0.3 is 5.32 Å². The highest BCUT2D eigenvalue weighted by atomic mass is 35.5. The Bertz CT molecular complexity index is 407. The Morgan fingerprint density at radius 3 is 2.57 bits per heavy atom. The first-order valence-electron chi connectivity index (χ1n) is 8.55. The summed E-state index contributed by atoms with van der Waals surface area (Å²) in [6.07, 6.45) is 11.0. The van der Waals surface area contributed by atoms with Gasteiger partial charge in [0.2, 0.25) is 0 Å². The second kappa shape index (κ2) is 8.55. The second-order valence-electron chi connectivity index (χ2n) is 7.11. The molecule has 0 atom stereocenters. The smallest absolute Gasteiger partial charge is 0.0931 e. The van der Waals surface area contributed by atoms with Crippen molar-refractivity contribution in [3.63, 3.8) is 0 Å². The van der Waals surface area contributed by atoms with Crippen LogP contribution >= 0.6 is 22.9 Å². The summed E-state index contributed by atoms with van der Waals surface area (Å²) in [5.74, 6) is 0.751. The van der Waals surface area contributed by atoms with E-state index in [1.165, 1.54) is 62.8 Å². The predicted molar refractivity (Wildman–Crippen MR) is 95.5 cm³/mol. The third kappa shape index (κ3) is 5.92. The van der Waals surface area contributed by atoms with Crippen molar-refractivity contribution in [2.75, 3.05) is 13.1 Å². The molecule has 1 fully saturated rings. The second-order valence-corrected chi connectivity index (χ2v) is 8.91. The molecule has 0 unspecified atom stereocenters. The Morgan fingerprint density at radius 2 is 1.95 bits per heavy atom. The van der Waals surface area contributed by atoms with E-state index in [-0.39, 0.29) is 0 Å². The van der Waals surface area contributed by atoms with Gasteiger partial charge >= 0.3 is 0 Å². The first kappa shape index (κ1) is 17.3. The molecule has 1 saturated carbocycles. The van der Waals surface area contributed by atoms with Crippen molar-refractivity contribution in [1.82, 2.24) is 5.32 Å². The Balaban J connectivity index is 1.83. The highest BCUT2D eigenvalue weighted by molar-refractivity contribution is 7.16. The molecule has 1 heterocycles. The zero-order valence-corrected chi connectivity index (χ0v) is 15.2. The molecule has 0 bridgehead atoms. The molecule has 1 N–H and O–H groups in total. The average Bonchev–Trinajstić information content (AvgIpc) is 2.88. The van der Waals surface area contributed by atoms with Gasteiger partial charge in [-0.15, -0.1) is 11.3 Å². The summed E-state index contributed by atoms with van der Waals surface area (Å²) >= 11 is 7.81. The molecular formula is C18H30ClNS. The van der Waals surface area contributed by atoms with Gasteiger partial charge in [0.25, 0.3) is 0 Å². The third-order valence-electron chi connectivity index (χ3n) is 4.83. The lowest BCUT2D eigenvalue weighted by Gasteiger charge is -2.38. The topological polar surface area (TPSA) is 12.0 Å². The molecule has 3 heteroatoms. The van der Waals surface area contributed by atoms with Crippen molar-refractivity contribution < 1.29 is 0 Å². The maximum absolute atomic E-state index is 6.06. The molecule has 0 saturated heterocycles. The van der Waals surface area contributed by atoms with Crippen molar-refractivity contribution in [3.05, 3.63) is 21.3 Å². The maximum Gasteiger partial charge on any atom is 0.0931 e. The van der Waals surface area contributed by atoms with Gasteiger partial charge in [-0.1, -0.05) is 44.7 Å². The minimum absolute atomic E-state index is 0.582. The van der Waals surface area contributed by atoms with E-state index in [0.29, 0.717) is 5.41 Å². The first-order valence-corrected chi connectivity index (χ1v) is 9.74. The summed E-state index contributed by atoms with van der Waals surface area (Å²) in [6.45, 7) is 6.90. The molecule has 1 aromatic rings. The van der Waals surface area contributed by atoms with E-state index in [1.807, 2.05) is 6.07 Å². The van der Waals surface area contributed by atoms with Gasteiger partial charge in [0.15, 0.2) is 0 Å². The molecule has 2 rings (SSSR count). The minimum atomic E-state index is 0.582. The van der Waals surface area contributed by atoms with Crippen LogP contribution in [0.4, 0.5) is 0 Å². The zero-order chi connectivity index (χ0) is 15.1. The summed E-state index contributed by atoms with van der Waals surface area (Å²) < 4.78 is 0.932. The number of aryl methyl sites for hydroxylation is 1. The molecule has 120 valence electrons. The van der Waals surface area contributed by atoms with Gasteiger partial charge in [0, 0.05) is 4.88 Å². The van der Waals surface area contributed by atoms with Crippen LogP contribution in [-0.2, 0) is 6.42 Å². The van der Waals surface area contributed by atoms with E-state index < -0.39 is 0 Å². The summed E-state index contributed by atoms with van der Waals surface area (Å²) in [7, 11) is 0. The van der Waals surface area contributed by atoms with E-state index >= 15 is 0 Å². The lowest BCUT2D eigenvalue weighted by atomic mass is 9.69. The SMILES string of the molecule is CC(C)CNCCC1(CCc2ccc(Cl)s2)CCCCC1. The lowest BCUT2D eigenvalue weighted by molar-refractivity contribution is 0.156. The summed E-state index contributed by atoms with van der Waals surface area (Å²) in [6, 6.07) is 4.25. The van der Waals surface area contributed by atoms with E-state index in [9.17, 15) is 0 Å². The van der Waals surface area contributed by atoms with Crippen molar-refractivity contribution in [1.29, 1.82) is 0 Å². The van der Waals surface area contributed by atoms with E-state index in [0.717, 1.165) is 16.8 Å². The minimum Gasteiger partial charge on any atom is -0.316 e. The Labute approximate surface area is 139 Å². The van der Waals surface area contributed by atoms with E-state index in [1.54, 1.807) is 11.3 Å². The highest BCUT2D eigenvalue weighted by Gasteiger charge is 2.31. The Morgan fingerprint density at radius 1 is 1.19 bits per heavy atom. The summed E-state index contributed by atoms with van der Waals surface area (Å²) in [4.78, 5) is 1.46. The van der Waals surface area contributed by atoms with Crippen LogP contribution in [0.15, 0.2) is 12.1 Å². The standard InChI is InChI=1S/C18H30ClNS/c1-15(2)14-20-13-12-18(9-4-3-5-10-18)11-8-16-6-7-17(19)21-16/h6-7,15,20H,3-5,8-14H2,1-2H3. The Hall–Kier alpha value is -0.0500. The number of hydrogen-bond acceptors (Lipinski definition) is 2. The maximum atomic E-state index is 6.06. The molecule has 0 radical (unpaired) electrons. The van der Waals surface area contributed by atoms with Crippen molar-refractivity contribution in [2.24, 2.45) is 11.3 Å². The number of nitrogens with one attached hydrogen (secondary N) is 1. The molecule has 0 amide bonds. The van der Waals surface area contributed by atoms with Crippen LogP contribution in [0.25, 0.3) is 0 Å². The van der Waals surface area contributed by atoms with Crippen LogP contribution in [0.5, 0.6) is 0 Å². The van der Waals surface area contributed by atoms with E-state index in [4.69, 9.17) is 11.6 Å². The molecule has 0 spiro atoms. The number of thiophene rings is 1. The van der Waals surface area contributed by atoms with Gasteiger partial charge in [0.05, 0.1) is 4.34 Å². The van der Waals surface area contributed by atoms with Gasteiger partial charge in [-0.2, -0.15) is 0 Å². The number of rotatable bonds is 8. The van der Waals surface area contributed by atoms with Gasteiger partial charge in [-0.3, -0.25) is 0 Å². The van der Waals surface area contributed by atoms with Crippen molar-refractivity contribution in [2.45, 2.75) is 65.2 Å². The lowest BCUT2D eigenvalue weighted by Crippen LogP contribution is -2.31. The fourth-order valence-electron chi connectivity index (χ4n) is 3.55. The quantitative estimate of drug-likeness (QED) is 0.584. The molecule has 1 aromatic heterocycles. The van der Waals surface area contributed by atoms with Crippen LogP contribution in [0, 0.1) is 11.3 Å². The zero-order valence-electron chi connectivity index (χ0n) is 13.6. The van der Waals surface area contributed by atoms with Crippen LogP contribution in [0.3, 0.4) is 0 Å². The van der Waals surface area contributed by atoms with Crippen LogP contribution in [0.2, 0.25) is 4.34 Å². The first-order chi connectivity index (χ1) is 10.1. The van der Waals surface area contributed by atoms with Gasteiger partial charge in [0.1, 0.15) is 0 Å². The van der Waals surface area contributed by atoms with Gasteiger partial charge in [-0.25, -0.2) is 0 Å². The normalized spacial score (nSPS) is 18.3. The van der Waals surface area contributed by atoms with Crippen LogP contribution < -0.4 is 5.32 Å². The van der Waals surface area contributed by atoms with Crippen LogP contribution in [0.1, 0.15) is 63.7 Å². The van der Waals surface area contributed by atoms with Crippen molar-refractivity contribution in [3.8, 4) is 0 Å². The van der Waals surface area contributed by atoms with Crippen molar-refractivity contribution >= 4 is 22.9 Å². The van der Waals surface area contributed by atoms with Crippen LogP contribution in [-0.4, -0.2) is 13.1 Å². The number of hydrogen-bond donors (Lipinski definition) is 1. The monoisotopic (exact) mass is 327 g/mol. The van der Waals surface area contributed by atoms with Gasteiger partial charge in [-0.05, 0) is 68.7 Å². The number of halogens is 1. The highest BCUT2D eigenvalue weighted by Crippen LogP contribution is 2.43. The predicted octanol–water partition coefficient (Wildman–Crippen LogP) is 5.92. The molecule has 0 aliphatic heterocycles. The molecule has 1 aliphatic rings. The fraction of sp³-hybridized carbons (Fsp3) is 0.778.